The van der Waals surface area contributed by atoms with Crippen LogP contribution in [0, 0.1) is 5.92 Å². The molecule has 15 heavy (non-hydrogen) atoms. The summed E-state index contributed by atoms with van der Waals surface area (Å²) < 4.78 is 0. The number of likely N-dealkylation sites (tertiary alicyclic amines) is 1. The van der Waals surface area contributed by atoms with Crippen LogP contribution in [0.2, 0.25) is 0 Å². The van der Waals surface area contributed by atoms with Crippen LogP contribution in [0.3, 0.4) is 0 Å². The predicted molar refractivity (Wildman–Crippen MR) is 60.8 cm³/mol. The largest absolute Gasteiger partial charge is 0.480 e. The molecule has 0 bridgehead atoms. The molecule has 0 amide bonds. The van der Waals surface area contributed by atoms with Gasteiger partial charge in [-0.05, 0) is 31.7 Å². The van der Waals surface area contributed by atoms with Gasteiger partial charge >= 0.3 is 5.97 Å². The minimum absolute atomic E-state index is 0.251. The van der Waals surface area contributed by atoms with E-state index in [-0.39, 0.29) is 12.0 Å². The predicted octanol–water partition coefficient (Wildman–Crippen LogP) is 2.14. The van der Waals surface area contributed by atoms with Crippen molar-refractivity contribution in [1.29, 1.82) is 0 Å². The first-order valence-corrected chi connectivity index (χ1v) is 5.69. The molecule has 1 heterocycles. The molecule has 0 saturated carbocycles. The van der Waals surface area contributed by atoms with Gasteiger partial charge in [0.05, 0.1) is 0 Å². The molecule has 3 heteroatoms. The topological polar surface area (TPSA) is 40.5 Å². The fraction of sp³-hybridized carbons (Fsp3) is 0.750. The van der Waals surface area contributed by atoms with Crippen LogP contribution < -0.4 is 0 Å². The molecule has 1 aliphatic heterocycles. The summed E-state index contributed by atoms with van der Waals surface area (Å²) in [5.74, 6) is -0.438. The Morgan fingerprint density at radius 1 is 1.60 bits per heavy atom. The van der Waals surface area contributed by atoms with Crippen LogP contribution in [-0.2, 0) is 4.79 Å². The van der Waals surface area contributed by atoms with Crippen molar-refractivity contribution in [1.82, 2.24) is 4.90 Å². The van der Waals surface area contributed by atoms with Crippen LogP contribution in [0.4, 0.5) is 0 Å². The summed E-state index contributed by atoms with van der Waals surface area (Å²) in [6.07, 6.45) is 3.05. The monoisotopic (exact) mass is 211 g/mol. The first-order valence-electron chi connectivity index (χ1n) is 5.69. The van der Waals surface area contributed by atoms with Gasteiger partial charge in [0.15, 0.2) is 0 Å². The fourth-order valence-electron chi connectivity index (χ4n) is 2.25. The van der Waals surface area contributed by atoms with Crippen LogP contribution in [0.15, 0.2) is 12.2 Å². The van der Waals surface area contributed by atoms with Gasteiger partial charge in [-0.1, -0.05) is 26.0 Å². The molecule has 2 atom stereocenters. The second-order valence-electron chi connectivity index (χ2n) is 4.48. The van der Waals surface area contributed by atoms with Crippen molar-refractivity contribution in [3.8, 4) is 0 Å². The van der Waals surface area contributed by atoms with E-state index < -0.39 is 5.97 Å². The Hall–Kier alpha value is -0.830. The molecule has 1 N–H and O–H groups in total. The number of hydrogen-bond acceptors (Lipinski definition) is 2. The van der Waals surface area contributed by atoms with E-state index in [2.05, 4.69) is 18.4 Å². The Kier molecular flexibility index (Phi) is 4.33. The maximum absolute atomic E-state index is 11.2. The van der Waals surface area contributed by atoms with Crippen LogP contribution in [0.25, 0.3) is 0 Å². The number of carboxylic acids is 1. The smallest absolute Gasteiger partial charge is 0.321 e. The van der Waals surface area contributed by atoms with Gasteiger partial charge in [0.2, 0.25) is 0 Å². The molecule has 3 nitrogen and oxygen atoms in total. The highest BCUT2D eigenvalue weighted by atomic mass is 16.4. The lowest BCUT2D eigenvalue weighted by molar-refractivity contribution is -0.146. The van der Waals surface area contributed by atoms with E-state index in [0.29, 0.717) is 0 Å². The van der Waals surface area contributed by atoms with E-state index in [1.165, 1.54) is 0 Å². The van der Waals surface area contributed by atoms with Crippen molar-refractivity contribution in [2.24, 2.45) is 5.92 Å². The number of nitrogens with zero attached hydrogens (tertiary/aromatic N) is 1. The lowest BCUT2D eigenvalue weighted by atomic mass is 9.90. The number of hydrogen-bond donors (Lipinski definition) is 1. The summed E-state index contributed by atoms with van der Waals surface area (Å²) in [6, 6.07) is -0.318. The van der Waals surface area contributed by atoms with Crippen molar-refractivity contribution in [2.45, 2.75) is 39.2 Å². The third kappa shape index (κ3) is 3.06. The standard InChI is InChI=1S/C12H21NO2/c1-4-9(2)8-13-7-5-6-10(3)11(13)12(14)15/h10-11H,2,4-8H2,1,3H3,(H,14,15). The summed E-state index contributed by atoms with van der Waals surface area (Å²) in [7, 11) is 0. The van der Waals surface area contributed by atoms with Gasteiger partial charge in [-0.15, -0.1) is 0 Å². The molecule has 0 radical (unpaired) electrons. The molecular weight excluding hydrogens is 190 g/mol. The number of carbonyl (C=O) groups is 1. The molecule has 1 saturated heterocycles. The molecule has 1 fully saturated rings. The van der Waals surface area contributed by atoms with E-state index in [9.17, 15) is 9.90 Å². The Morgan fingerprint density at radius 3 is 2.80 bits per heavy atom. The summed E-state index contributed by atoms with van der Waals surface area (Å²) in [4.78, 5) is 13.2. The van der Waals surface area contributed by atoms with Gasteiger partial charge in [-0.3, -0.25) is 9.69 Å². The van der Waals surface area contributed by atoms with Crippen LogP contribution >= 0.6 is 0 Å². The quantitative estimate of drug-likeness (QED) is 0.724. The second kappa shape index (κ2) is 5.31. The minimum Gasteiger partial charge on any atom is -0.480 e. The Labute approximate surface area is 91.8 Å². The first-order chi connectivity index (χ1) is 7.06. The molecule has 86 valence electrons. The highest BCUT2D eigenvalue weighted by Gasteiger charge is 2.33. The van der Waals surface area contributed by atoms with E-state index >= 15 is 0 Å². The van der Waals surface area contributed by atoms with Gasteiger partial charge in [0.1, 0.15) is 6.04 Å². The molecule has 2 unspecified atom stereocenters. The lowest BCUT2D eigenvalue weighted by Gasteiger charge is -2.37. The SMILES string of the molecule is C=C(CC)CN1CCCC(C)C1C(=O)O. The van der Waals surface area contributed by atoms with Crippen molar-refractivity contribution >= 4 is 5.97 Å². The van der Waals surface area contributed by atoms with Gasteiger partial charge in [0.25, 0.3) is 0 Å². The zero-order valence-corrected chi connectivity index (χ0v) is 9.70. The van der Waals surface area contributed by atoms with Crippen LogP contribution in [0.5, 0.6) is 0 Å². The third-order valence-corrected chi connectivity index (χ3v) is 3.22. The maximum Gasteiger partial charge on any atom is 0.321 e. The molecule has 1 aliphatic rings. The summed E-state index contributed by atoms with van der Waals surface area (Å²) >= 11 is 0. The molecule has 0 aromatic heterocycles. The van der Waals surface area contributed by atoms with Crippen LogP contribution in [0.1, 0.15) is 33.1 Å². The zero-order chi connectivity index (χ0) is 11.4. The molecule has 0 aromatic carbocycles. The van der Waals surface area contributed by atoms with Crippen molar-refractivity contribution in [3.05, 3.63) is 12.2 Å². The minimum atomic E-state index is -0.689. The molecule has 0 aliphatic carbocycles. The normalized spacial score (nSPS) is 27.6. The summed E-state index contributed by atoms with van der Waals surface area (Å²) in [5, 5.41) is 9.19. The van der Waals surface area contributed by atoms with E-state index in [1.807, 2.05) is 6.92 Å². The van der Waals surface area contributed by atoms with E-state index in [0.717, 1.165) is 37.9 Å². The molecule has 1 rings (SSSR count). The van der Waals surface area contributed by atoms with Crippen LogP contribution in [-0.4, -0.2) is 35.1 Å². The Bertz CT molecular complexity index is 250. The summed E-state index contributed by atoms with van der Waals surface area (Å²) in [5.41, 5.74) is 1.12. The Balaban J connectivity index is 2.66. The third-order valence-electron chi connectivity index (χ3n) is 3.22. The van der Waals surface area contributed by atoms with Crippen molar-refractivity contribution in [2.75, 3.05) is 13.1 Å². The average molecular weight is 211 g/mol. The molecular formula is C12H21NO2. The van der Waals surface area contributed by atoms with E-state index in [1.54, 1.807) is 0 Å². The second-order valence-corrected chi connectivity index (χ2v) is 4.48. The highest BCUT2D eigenvalue weighted by molar-refractivity contribution is 5.74. The lowest BCUT2D eigenvalue weighted by Crippen LogP contribution is -2.49. The van der Waals surface area contributed by atoms with E-state index in [4.69, 9.17) is 0 Å². The average Bonchev–Trinajstić information content (AvgIpc) is 2.17. The number of aliphatic carboxylic acids is 1. The summed E-state index contributed by atoms with van der Waals surface area (Å²) in [6.45, 7) is 9.66. The molecule has 0 aromatic rings. The van der Waals surface area contributed by atoms with Gasteiger partial charge in [-0.25, -0.2) is 0 Å². The van der Waals surface area contributed by atoms with Gasteiger partial charge in [-0.2, -0.15) is 0 Å². The first kappa shape index (κ1) is 12.2. The Morgan fingerprint density at radius 2 is 2.27 bits per heavy atom. The fourth-order valence-corrected chi connectivity index (χ4v) is 2.25. The van der Waals surface area contributed by atoms with Crippen molar-refractivity contribution < 1.29 is 9.90 Å². The zero-order valence-electron chi connectivity index (χ0n) is 9.70. The van der Waals surface area contributed by atoms with Gasteiger partial charge in [0, 0.05) is 6.54 Å². The van der Waals surface area contributed by atoms with Gasteiger partial charge < -0.3 is 5.11 Å². The van der Waals surface area contributed by atoms with Crippen molar-refractivity contribution in [3.63, 3.8) is 0 Å². The molecule has 0 spiro atoms. The highest BCUT2D eigenvalue weighted by Crippen LogP contribution is 2.24. The number of carboxylic acid groups (broad SMARTS) is 1. The number of rotatable bonds is 4. The number of piperidine rings is 1. The maximum atomic E-state index is 11.2.